The van der Waals surface area contributed by atoms with Crippen LogP contribution >= 0.6 is 0 Å². The number of carboxylic acids is 1. The van der Waals surface area contributed by atoms with E-state index in [2.05, 4.69) is 52.5 Å². The van der Waals surface area contributed by atoms with Gasteiger partial charge in [0.15, 0.2) is 0 Å². The van der Waals surface area contributed by atoms with Crippen molar-refractivity contribution in [3.05, 3.63) is 102 Å². The van der Waals surface area contributed by atoms with Crippen LogP contribution in [-0.2, 0) is 16.1 Å². The van der Waals surface area contributed by atoms with Crippen LogP contribution in [0, 0.1) is 0 Å². The average Bonchev–Trinajstić information content (AvgIpc) is 3.28. The number of hydrogen-bond donors (Lipinski definition) is 2. The van der Waals surface area contributed by atoms with E-state index in [4.69, 9.17) is 9.84 Å². The van der Waals surface area contributed by atoms with Crippen LogP contribution < -0.4 is 10.1 Å². The highest BCUT2D eigenvalue weighted by atomic mass is 16.5. The summed E-state index contributed by atoms with van der Waals surface area (Å²) in [6.07, 6.45) is 2.52. The van der Waals surface area contributed by atoms with Crippen LogP contribution in [0.1, 0.15) is 37.8 Å². The lowest BCUT2D eigenvalue weighted by Crippen LogP contribution is -2.15. The lowest BCUT2D eigenvalue weighted by Gasteiger charge is -2.14. The van der Waals surface area contributed by atoms with Gasteiger partial charge in [-0.1, -0.05) is 48.5 Å². The van der Waals surface area contributed by atoms with Crippen LogP contribution in [-0.4, -0.2) is 28.2 Å². The molecular weight excluding hydrogens is 452 g/mol. The van der Waals surface area contributed by atoms with E-state index in [-0.39, 0.29) is 18.9 Å². The second-order valence-electron chi connectivity index (χ2n) is 8.75. The van der Waals surface area contributed by atoms with Crippen molar-refractivity contribution >= 4 is 34.0 Å². The van der Waals surface area contributed by atoms with Crippen LogP contribution in [0.2, 0.25) is 0 Å². The maximum Gasteiger partial charge on any atom is 0.303 e. The molecule has 4 aromatic rings. The highest BCUT2D eigenvalue weighted by molar-refractivity contribution is 6.09. The van der Waals surface area contributed by atoms with Gasteiger partial charge in [0.25, 0.3) is 5.91 Å². The van der Waals surface area contributed by atoms with Crippen molar-refractivity contribution in [3.63, 3.8) is 0 Å². The molecule has 0 fully saturated rings. The van der Waals surface area contributed by atoms with E-state index in [0.29, 0.717) is 23.4 Å². The first-order chi connectivity index (χ1) is 17.4. The number of fused-ring (bicyclic) bond motifs is 1. The van der Waals surface area contributed by atoms with Crippen LogP contribution in [0.15, 0.2) is 90.6 Å². The van der Waals surface area contributed by atoms with E-state index in [9.17, 15) is 9.59 Å². The number of ether oxygens (including phenoxy) is 1. The zero-order chi connectivity index (χ0) is 25.5. The minimum Gasteiger partial charge on any atom is -0.491 e. The van der Waals surface area contributed by atoms with Gasteiger partial charge in [-0.15, -0.1) is 0 Å². The van der Waals surface area contributed by atoms with Gasteiger partial charge in [0, 0.05) is 35.6 Å². The van der Waals surface area contributed by atoms with Gasteiger partial charge in [0.2, 0.25) is 0 Å². The SMILES string of the molecule is C/C(C(=O)Nc1ccccc1OCCCC(=O)O)=C(/C)c1ccc2c(ccn2Cc2ccccc2)c1. The number of aliphatic carboxylic acids is 1. The van der Waals surface area contributed by atoms with Gasteiger partial charge in [-0.2, -0.15) is 0 Å². The molecular formula is C30H30N2O4. The van der Waals surface area contributed by atoms with Crippen LogP contribution in [0.3, 0.4) is 0 Å². The Labute approximate surface area is 210 Å². The number of para-hydroxylation sites is 2. The molecule has 0 bridgehead atoms. The number of allylic oxidation sites excluding steroid dienone is 1. The summed E-state index contributed by atoms with van der Waals surface area (Å²) in [5, 5.41) is 12.9. The van der Waals surface area contributed by atoms with Crippen molar-refractivity contribution in [2.75, 3.05) is 11.9 Å². The molecule has 36 heavy (non-hydrogen) atoms. The van der Waals surface area contributed by atoms with Crippen molar-refractivity contribution in [2.24, 2.45) is 0 Å². The summed E-state index contributed by atoms with van der Waals surface area (Å²) >= 11 is 0. The predicted molar refractivity (Wildman–Crippen MR) is 143 cm³/mol. The molecule has 0 aliphatic rings. The molecule has 0 aliphatic heterocycles. The van der Waals surface area contributed by atoms with E-state index < -0.39 is 5.97 Å². The minimum absolute atomic E-state index is 0.0373. The Morgan fingerprint density at radius 2 is 1.69 bits per heavy atom. The first-order valence-corrected chi connectivity index (χ1v) is 12.0. The number of carboxylic acid groups (broad SMARTS) is 1. The van der Waals surface area contributed by atoms with E-state index in [1.807, 2.05) is 44.2 Å². The summed E-state index contributed by atoms with van der Waals surface area (Å²) in [4.78, 5) is 23.8. The lowest BCUT2D eigenvalue weighted by atomic mass is 10.0. The minimum atomic E-state index is -0.859. The normalized spacial score (nSPS) is 11.7. The Morgan fingerprint density at radius 3 is 2.47 bits per heavy atom. The van der Waals surface area contributed by atoms with E-state index in [1.165, 1.54) is 5.56 Å². The number of nitrogens with one attached hydrogen (secondary N) is 1. The Morgan fingerprint density at radius 1 is 0.944 bits per heavy atom. The van der Waals surface area contributed by atoms with Crippen molar-refractivity contribution in [2.45, 2.75) is 33.2 Å². The van der Waals surface area contributed by atoms with Crippen LogP contribution in [0.4, 0.5) is 5.69 Å². The van der Waals surface area contributed by atoms with Crippen molar-refractivity contribution < 1.29 is 19.4 Å². The number of carbonyl (C=O) groups is 2. The monoisotopic (exact) mass is 482 g/mol. The van der Waals surface area contributed by atoms with Gasteiger partial charge >= 0.3 is 5.97 Å². The highest BCUT2D eigenvalue weighted by Gasteiger charge is 2.13. The number of hydrogen-bond acceptors (Lipinski definition) is 3. The molecule has 3 aromatic carbocycles. The molecule has 6 nitrogen and oxygen atoms in total. The summed E-state index contributed by atoms with van der Waals surface area (Å²) in [5.41, 5.74) is 5.44. The maximum absolute atomic E-state index is 13.1. The first kappa shape index (κ1) is 24.8. The van der Waals surface area contributed by atoms with Gasteiger partial charge in [-0.25, -0.2) is 0 Å². The summed E-state index contributed by atoms with van der Waals surface area (Å²) in [6.45, 7) is 4.83. The Kier molecular flexibility index (Phi) is 7.85. The largest absolute Gasteiger partial charge is 0.491 e. The molecule has 2 N–H and O–H groups in total. The standard InChI is InChI=1S/C30H30N2O4/c1-21(22(2)30(35)31-26-11-6-7-12-28(26)36-18-8-13-29(33)34)24-14-15-27-25(19-24)16-17-32(27)20-23-9-4-3-5-10-23/h3-7,9-12,14-17,19H,8,13,18,20H2,1-2H3,(H,31,35)(H,33,34)/b22-21+. The molecule has 0 unspecified atom stereocenters. The van der Waals surface area contributed by atoms with E-state index in [1.54, 1.807) is 12.1 Å². The average molecular weight is 483 g/mol. The fourth-order valence-electron chi connectivity index (χ4n) is 4.06. The van der Waals surface area contributed by atoms with Crippen molar-refractivity contribution in [3.8, 4) is 5.75 Å². The number of nitrogens with zero attached hydrogens (tertiary/aromatic N) is 1. The van der Waals surface area contributed by atoms with Crippen molar-refractivity contribution in [1.82, 2.24) is 4.57 Å². The van der Waals surface area contributed by atoms with Crippen molar-refractivity contribution in [1.29, 1.82) is 0 Å². The molecule has 0 spiro atoms. The molecule has 0 saturated heterocycles. The molecule has 0 atom stereocenters. The van der Waals surface area contributed by atoms with Crippen LogP contribution in [0.25, 0.3) is 16.5 Å². The number of aromatic nitrogens is 1. The molecule has 0 saturated carbocycles. The topological polar surface area (TPSA) is 80.6 Å². The van der Waals surface area contributed by atoms with Gasteiger partial charge in [-0.05, 0) is 67.3 Å². The molecule has 0 radical (unpaired) electrons. The predicted octanol–water partition coefficient (Wildman–Crippen LogP) is 6.37. The Balaban J connectivity index is 1.48. The fraction of sp³-hybridized carbons (Fsp3) is 0.200. The summed E-state index contributed by atoms with van der Waals surface area (Å²) in [6, 6.07) is 25.9. The molecule has 1 aromatic heterocycles. The smallest absolute Gasteiger partial charge is 0.303 e. The summed E-state index contributed by atoms with van der Waals surface area (Å²) in [7, 11) is 0. The second kappa shape index (κ2) is 11.4. The number of anilines is 1. The fourth-order valence-corrected chi connectivity index (χ4v) is 4.06. The third kappa shape index (κ3) is 6.02. The maximum atomic E-state index is 13.1. The summed E-state index contributed by atoms with van der Waals surface area (Å²) < 4.78 is 7.93. The third-order valence-corrected chi connectivity index (χ3v) is 6.23. The molecule has 1 amide bonds. The molecule has 4 rings (SSSR count). The quantitative estimate of drug-likeness (QED) is 0.203. The summed E-state index contributed by atoms with van der Waals surface area (Å²) in [5.74, 6) is -0.555. The van der Waals surface area contributed by atoms with Gasteiger partial charge in [0.1, 0.15) is 5.75 Å². The molecule has 1 heterocycles. The Hall–Kier alpha value is -4.32. The van der Waals surface area contributed by atoms with Gasteiger partial charge in [-0.3, -0.25) is 9.59 Å². The lowest BCUT2D eigenvalue weighted by molar-refractivity contribution is -0.137. The number of carbonyl (C=O) groups excluding carboxylic acids is 1. The number of rotatable bonds is 10. The molecule has 6 heteroatoms. The zero-order valence-corrected chi connectivity index (χ0v) is 20.5. The zero-order valence-electron chi connectivity index (χ0n) is 20.5. The number of amides is 1. The first-order valence-electron chi connectivity index (χ1n) is 12.0. The highest BCUT2D eigenvalue weighted by Crippen LogP contribution is 2.28. The van der Waals surface area contributed by atoms with Crippen LogP contribution in [0.5, 0.6) is 5.75 Å². The van der Waals surface area contributed by atoms with Gasteiger partial charge < -0.3 is 19.7 Å². The number of benzene rings is 3. The molecule has 184 valence electrons. The van der Waals surface area contributed by atoms with Gasteiger partial charge in [0.05, 0.1) is 12.3 Å². The Bertz CT molecular complexity index is 1400. The second-order valence-corrected chi connectivity index (χ2v) is 8.75. The van der Waals surface area contributed by atoms with E-state index in [0.717, 1.165) is 28.6 Å². The third-order valence-electron chi connectivity index (χ3n) is 6.23. The molecule has 0 aliphatic carbocycles. The van der Waals surface area contributed by atoms with E-state index >= 15 is 0 Å².